The first-order valence-corrected chi connectivity index (χ1v) is 10.3. The van der Waals surface area contributed by atoms with Crippen LogP contribution in [0, 0.1) is 12.7 Å². The highest BCUT2D eigenvalue weighted by Gasteiger charge is 2.35. The second kappa shape index (κ2) is 9.92. The molecular formula is C17H24FN3O6S. The van der Waals surface area contributed by atoms with E-state index in [0.717, 1.165) is 16.4 Å². The Morgan fingerprint density at radius 2 is 2.04 bits per heavy atom. The molecule has 0 unspecified atom stereocenters. The third-order valence-corrected chi connectivity index (χ3v) is 6.19. The number of sulfonamides is 1. The van der Waals surface area contributed by atoms with E-state index in [2.05, 4.69) is 10.6 Å². The molecule has 0 aliphatic carbocycles. The molecule has 3 N–H and O–H groups in total. The van der Waals surface area contributed by atoms with Gasteiger partial charge in [0.1, 0.15) is 12.0 Å². The van der Waals surface area contributed by atoms with Gasteiger partial charge in [-0.3, -0.25) is 9.59 Å². The van der Waals surface area contributed by atoms with Crippen LogP contribution >= 0.6 is 0 Å². The van der Waals surface area contributed by atoms with Gasteiger partial charge in [-0.25, -0.2) is 12.8 Å². The summed E-state index contributed by atoms with van der Waals surface area (Å²) in [6.45, 7) is 1.78. The number of hydrogen-bond donors (Lipinski definition) is 3. The molecule has 1 atom stereocenters. The Morgan fingerprint density at radius 3 is 2.71 bits per heavy atom. The topological polar surface area (TPSA) is 125 Å². The van der Waals surface area contributed by atoms with E-state index in [1.807, 2.05) is 0 Å². The van der Waals surface area contributed by atoms with E-state index >= 15 is 0 Å². The number of benzene rings is 1. The Kier molecular flexibility index (Phi) is 7.87. The molecule has 1 heterocycles. The maximum Gasteiger partial charge on any atom is 0.309 e. The minimum Gasteiger partial charge on any atom is -0.396 e. The zero-order valence-electron chi connectivity index (χ0n) is 15.5. The number of nitrogens with one attached hydrogen (secondary N) is 2. The van der Waals surface area contributed by atoms with E-state index in [1.54, 1.807) is 0 Å². The van der Waals surface area contributed by atoms with Gasteiger partial charge >= 0.3 is 11.8 Å². The summed E-state index contributed by atoms with van der Waals surface area (Å²) in [5, 5.41) is 13.4. The molecule has 0 radical (unpaired) electrons. The lowest BCUT2D eigenvalue weighted by molar-refractivity contribution is -0.140. The Morgan fingerprint density at radius 1 is 1.32 bits per heavy atom. The van der Waals surface area contributed by atoms with Crippen molar-refractivity contribution in [2.45, 2.75) is 30.9 Å². The summed E-state index contributed by atoms with van der Waals surface area (Å²) >= 11 is 0. The van der Waals surface area contributed by atoms with Gasteiger partial charge in [0, 0.05) is 19.7 Å². The van der Waals surface area contributed by atoms with Crippen LogP contribution in [-0.2, 0) is 24.3 Å². The SMILES string of the molecule is Cc1cc(F)ccc1S(=O)(=O)N1CCCO[C@H]1CNC(=O)C(=O)NCCCO. The summed E-state index contributed by atoms with van der Waals surface area (Å²) in [7, 11) is -3.98. The van der Waals surface area contributed by atoms with E-state index in [0.29, 0.717) is 19.4 Å². The molecule has 1 aliphatic rings. The quantitative estimate of drug-likeness (QED) is 0.405. The molecular weight excluding hydrogens is 393 g/mol. The van der Waals surface area contributed by atoms with Crippen molar-refractivity contribution in [3.63, 3.8) is 0 Å². The molecule has 11 heteroatoms. The molecule has 0 aromatic heterocycles. The van der Waals surface area contributed by atoms with Crippen LogP contribution < -0.4 is 10.6 Å². The van der Waals surface area contributed by atoms with Gasteiger partial charge in [-0.1, -0.05) is 0 Å². The number of rotatable bonds is 7. The first-order valence-electron chi connectivity index (χ1n) is 8.84. The van der Waals surface area contributed by atoms with Gasteiger partial charge in [-0.15, -0.1) is 0 Å². The summed E-state index contributed by atoms with van der Waals surface area (Å²) in [4.78, 5) is 23.5. The van der Waals surface area contributed by atoms with Gasteiger partial charge in [0.25, 0.3) is 0 Å². The number of aliphatic hydroxyl groups excluding tert-OH is 1. The number of carbonyl (C=O) groups excluding carboxylic acids is 2. The van der Waals surface area contributed by atoms with Gasteiger partial charge < -0.3 is 20.5 Å². The summed E-state index contributed by atoms with van der Waals surface area (Å²) in [6.07, 6.45) is -0.211. The third kappa shape index (κ3) is 5.47. The highest BCUT2D eigenvalue weighted by molar-refractivity contribution is 7.89. The largest absolute Gasteiger partial charge is 0.396 e. The minimum absolute atomic E-state index is 0.0440. The van der Waals surface area contributed by atoms with Crippen molar-refractivity contribution in [2.75, 3.05) is 32.8 Å². The maximum atomic E-state index is 13.3. The molecule has 9 nitrogen and oxygen atoms in total. The normalized spacial score (nSPS) is 17.9. The Hall–Kier alpha value is -2.08. The molecule has 0 saturated carbocycles. The molecule has 156 valence electrons. The summed E-state index contributed by atoms with van der Waals surface area (Å²) in [5.41, 5.74) is 0.261. The number of ether oxygens (including phenoxy) is 1. The third-order valence-electron chi connectivity index (χ3n) is 4.14. The molecule has 1 aromatic rings. The lowest BCUT2D eigenvalue weighted by Crippen LogP contribution is -2.53. The van der Waals surface area contributed by atoms with E-state index in [4.69, 9.17) is 9.84 Å². The zero-order chi connectivity index (χ0) is 20.7. The number of carbonyl (C=O) groups is 2. The van der Waals surface area contributed by atoms with Crippen molar-refractivity contribution in [3.05, 3.63) is 29.6 Å². The average molecular weight is 417 g/mol. The second-order valence-electron chi connectivity index (χ2n) is 6.25. The minimum atomic E-state index is -3.98. The van der Waals surface area contributed by atoms with Gasteiger partial charge in [0.05, 0.1) is 18.0 Å². The predicted octanol–water partition coefficient (Wildman–Crippen LogP) is -0.514. The summed E-state index contributed by atoms with van der Waals surface area (Å²) in [6, 6.07) is 3.39. The van der Waals surface area contributed by atoms with Crippen LogP contribution in [0.4, 0.5) is 4.39 Å². The van der Waals surface area contributed by atoms with Gasteiger partial charge in [-0.2, -0.15) is 4.31 Å². The van der Waals surface area contributed by atoms with Crippen LogP contribution in [0.3, 0.4) is 0 Å². The van der Waals surface area contributed by atoms with Crippen LogP contribution in [0.5, 0.6) is 0 Å². The standard InChI is InChI=1S/C17H24FN3O6S/c1-12-10-13(18)4-5-14(12)28(25,26)21-7-3-9-27-15(21)11-20-17(24)16(23)19-6-2-8-22/h4-5,10,15,22H,2-3,6-9,11H2,1H3,(H,19,23)(H,20,24)/t15-/m0/s1. The Balaban J connectivity index is 2.07. The highest BCUT2D eigenvalue weighted by Crippen LogP contribution is 2.25. The number of amides is 2. The van der Waals surface area contributed by atoms with E-state index in [9.17, 15) is 22.4 Å². The van der Waals surface area contributed by atoms with Crippen LogP contribution in [-0.4, -0.2) is 68.7 Å². The molecule has 2 amide bonds. The number of aliphatic hydroxyl groups is 1. The van der Waals surface area contributed by atoms with Gasteiger partial charge in [-0.05, 0) is 43.5 Å². The molecule has 2 rings (SSSR count). The molecule has 0 bridgehead atoms. The summed E-state index contributed by atoms with van der Waals surface area (Å²) in [5.74, 6) is -2.35. The van der Waals surface area contributed by atoms with Crippen molar-refractivity contribution in [1.29, 1.82) is 0 Å². The number of hydrogen-bond acceptors (Lipinski definition) is 6. The Labute approximate surface area is 162 Å². The second-order valence-corrected chi connectivity index (χ2v) is 8.11. The molecule has 1 saturated heterocycles. The maximum absolute atomic E-state index is 13.3. The number of aryl methyl sites for hydroxylation is 1. The van der Waals surface area contributed by atoms with E-state index in [1.165, 1.54) is 13.0 Å². The monoisotopic (exact) mass is 417 g/mol. The van der Waals surface area contributed by atoms with Gasteiger partial charge in [0.15, 0.2) is 0 Å². The first kappa shape index (κ1) is 22.2. The number of halogens is 1. The van der Waals surface area contributed by atoms with Crippen molar-refractivity contribution < 1.29 is 32.2 Å². The van der Waals surface area contributed by atoms with Crippen LogP contribution in [0.15, 0.2) is 23.1 Å². The fourth-order valence-electron chi connectivity index (χ4n) is 2.75. The van der Waals surface area contributed by atoms with E-state index < -0.39 is 33.9 Å². The molecule has 1 aliphatic heterocycles. The number of nitrogens with zero attached hydrogens (tertiary/aromatic N) is 1. The van der Waals surface area contributed by atoms with Crippen LogP contribution in [0.25, 0.3) is 0 Å². The smallest absolute Gasteiger partial charge is 0.309 e. The zero-order valence-corrected chi connectivity index (χ0v) is 16.3. The molecule has 1 fully saturated rings. The van der Waals surface area contributed by atoms with Crippen molar-refractivity contribution >= 4 is 21.8 Å². The average Bonchev–Trinajstić information content (AvgIpc) is 2.66. The predicted molar refractivity (Wildman–Crippen MR) is 97.1 cm³/mol. The van der Waals surface area contributed by atoms with E-state index in [-0.39, 0.29) is 36.7 Å². The Bertz CT molecular complexity index is 817. The van der Waals surface area contributed by atoms with Crippen LogP contribution in [0.2, 0.25) is 0 Å². The van der Waals surface area contributed by atoms with Crippen molar-refractivity contribution in [1.82, 2.24) is 14.9 Å². The molecule has 1 aromatic carbocycles. The lowest BCUT2D eigenvalue weighted by atomic mass is 10.2. The van der Waals surface area contributed by atoms with Gasteiger partial charge in [0.2, 0.25) is 10.0 Å². The molecule has 28 heavy (non-hydrogen) atoms. The molecule has 0 spiro atoms. The lowest BCUT2D eigenvalue weighted by Gasteiger charge is -2.34. The summed E-state index contributed by atoms with van der Waals surface area (Å²) < 4.78 is 45.9. The highest BCUT2D eigenvalue weighted by atomic mass is 32.2. The first-order chi connectivity index (χ1) is 13.3. The van der Waals surface area contributed by atoms with Crippen molar-refractivity contribution in [2.24, 2.45) is 0 Å². The van der Waals surface area contributed by atoms with Crippen molar-refractivity contribution in [3.8, 4) is 0 Å². The fourth-order valence-corrected chi connectivity index (χ4v) is 4.53. The van der Waals surface area contributed by atoms with Crippen LogP contribution in [0.1, 0.15) is 18.4 Å². The fraction of sp³-hybridized carbons (Fsp3) is 0.529.